The van der Waals surface area contributed by atoms with E-state index in [1.807, 2.05) is 6.20 Å². The maximum atomic E-state index is 4.27. The Bertz CT molecular complexity index is 240. The molecule has 11 heavy (non-hydrogen) atoms. The fraction of sp³-hybridized carbons (Fsp3) is 0.625. The van der Waals surface area contributed by atoms with Crippen LogP contribution in [0.25, 0.3) is 0 Å². The van der Waals surface area contributed by atoms with Crippen molar-refractivity contribution in [2.75, 3.05) is 0 Å². The lowest BCUT2D eigenvalue weighted by atomic mass is 10.3. The number of aryl methyl sites for hydroxylation is 1. The van der Waals surface area contributed by atoms with Crippen LogP contribution in [0.15, 0.2) is 10.8 Å². The Morgan fingerprint density at radius 3 is 2.64 bits per heavy atom. The minimum atomic E-state index is 0.488. The summed E-state index contributed by atoms with van der Waals surface area (Å²) in [4.78, 5) is 4.27. The molecule has 3 heteroatoms. The van der Waals surface area contributed by atoms with E-state index in [1.54, 1.807) is 0 Å². The Morgan fingerprint density at radius 1 is 1.64 bits per heavy atom. The number of hydrogen-bond acceptors (Lipinski definition) is 1. The van der Waals surface area contributed by atoms with Crippen LogP contribution in [0, 0.1) is 0 Å². The third-order valence-corrected chi connectivity index (χ3v) is 2.25. The SMILES string of the molecule is CCc1ncc(Br)n1C(C)C. The normalized spacial score (nSPS) is 11.0. The van der Waals surface area contributed by atoms with Crippen LogP contribution in [0.5, 0.6) is 0 Å². The van der Waals surface area contributed by atoms with Crippen LogP contribution in [-0.4, -0.2) is 9.55 Å². The second kappa shape index (κ2) is 3.39. The predicted octanol–water partition coefficient (Wildman–Crippen LogP) is 2.79. The molecule has 0 spiro atoms. The zero-order chi connectivity index (χ0) is 8.43. The fourth-order valence-electron chi connectivity index (χ4n) is 1.18. The zero-order valence-corrected chi connectivity index (χ0v) is 8.72. The molecule has 0 N–H and O–H groups in total. The molecule has 0 aliphatic heterocycles. The van der Waals surface area contributed by atoms with Crippen molar-refractivity contribution in [1.82, 2.24) is 9.55 Å². The molecule has 0 unspecified atom stereocenters. The standard InChI is InChI=1S/C8H13BrN2/c1-4-8-10-5-7(9)11(8)6(2)3/h5-6H,4H2,1-3H3. The number of imidazole rings is 1. The molecule has 1 aromatic rings. The average molecular weight is 217 g/mol. The van der Waals surface area contributed by atoms with Gasteiger partial charge in [-0.2, -0.15) is 0 Å². The topological polar surface area (TPSA) is 17.8 Å². The summed E-state index contributed by atoms with van der Waals surface area (Å²) >= 11 is 3.46. The first-order valence-corrected chi connectivity index (χ1v) is 4.67. The second-order valence-corrected chi connectivity index (χ2v) is 3.63. The number of hydrogen-bond donors (Lipinski definition) is 0. The van der Waals surface area contributed by atoms with Gasteiger partial charge in [0.1, 0.15) is 10.4 Å². The highest BCUT2D eigenvalue weighted by atomic mass is 79.9. The van der Waals surface area contributed by atoms with E-state index >= 15 is 0 Å². The molecule has 0 aliphatic carbocycles. The van der Waals surface area contributed by atoms with E-state index < -0.39 is 0 Å². The highest BCUT2D eigenvalue weighted by Crippen LogP contribution is 2.18. The van der Waals surface area contributed by atoms with Crippen molar-refractivity contribution in [2.24, 2.45) is 0 Å². The second-order valence-electron chi connectivity index (χ2n) is 2.81. The molecule has 0 aromatic carbocycles. The summed E-state index contributed by atoms with van der Waals surface area (Å²) < 4.78 is 3.27. The van der Waals surface area contributed by atoms with Crippen molar-refractivity contribution < 1.29 is 0 Å². The van der Waals surface area contributed by atoms with Gasteiger partial charge in [-0.25, -0.2) is 4.98 Å². The molecule has 0 saturated carbocycles. The molecule has 1 heterocycles. The summed E-state index contributed by atoms with van der Waals surface area (Å²) in [6.07, 6.45) is 2.85. The van der Waals surface area contributed by atoms with Gasteiger partial charge in [-0.05, 0) is 29.8 Å². The van der Waals surface area contributed by atoms with E-state index in [0.717, 1.165) is 16.8 Å². The summed E-state index contributed by atoms with van der Waals surface area (Å²) in [6.45, 7) is 6.44. The lowest BCUT2D eigenvalue weighted by Gasteiger charge is -2.11. The van der Waals surface area contributed by atoms with Gasteiger partial charge in [-0.1, -0.05) is 6.92 Å². The van der Waals surface area contributed by atoms with Gasteiger partial charge in [0.05, 0.1) is 6.20 Å². The number of nitrogens with zero attached hydrogens (tertiary/aromatic N) is 2. The molecule has 2 nitrogen and oxygen atoms in total. The van der Waals surface area contributed by atoms with Gasteiger partial charge in [0.2, 0.25) is 0 Å². The van der Waals surface area contributed by atoms with Crippen molar-refractivity contribution in [3.63, 3.8) is 0 Å². The Balaban J connectivity index is 3.07. The van der Waals surface area contributed by atoms with E-state index in [4.69, 9.17) is 0 Å². The highest BCUT2D eigenvalue weighted by Gasteiger charge is 2.07. The zero-order valence-electron chi connectivity index (χ0n) is 7.13. The van der Waals surface area contributed by atoms with Gasteiger partial charge in [0.25, 0.3) is 0 Å². The third kappa shape index (κ3) is 1.64. The van der Waals surface area contributed by atoms with Crippen LogP contribution in [0.3, 0.4) is 0 Å². The largest absolute Gasteiger partial charge is 0.320 e. The Hall–Kier alpha value is -0.310. The molecule has 0 aliphatic rings. The molecule has 0 fully saturated rings. The number of aromatic nitrogens is 2. The first kappa shape index (κ1) is 8.78. The third-order valence-electron chi connectivity index (χ3n) is 1.66. The van der Waals surface area contributed by atoms with E-state index in [1.165, 1.54) is 0 Å². The minimum Gasteiger partial charge on any atom is -0.320 e. The Morgan fingerprint density at radius 2 is 2.27 bits per heavy atom. The van der Waals surface area contributed by atoms with Crippen LogP contribution in [0.2, 0.25) is 0 Å². The Kier molecular flexibility index (Phi) is 2.71. The molecule has 1 rings (SSSR count). The predicted molar refractivity (Wildman–Crippen MR) is 49.7 cm³/mol. The highest BCUT2D eigenvalue weighted by molar-refractivity contribution is 9.10. The van der Waals surface area contributed by atoms with E-state index in [2.05, 4.69) is 46.3 Å². The van der Waals surface area contributed by atoms with Gasteiger partial charge in [0, 0.05) is 12.5 Å². The van der Waals surface area contributed by atoms with Crippen LogP contribution < -0.4 is 0 Å². The summed E-state index contributed by atoms with van der Waals surface area (Å²) in [5, 5.41) is 0. The van der Waals surface area contributed by atoms with Crippen molar-refractivity contribution >= 4 is 15.9 Å². The molecule has 0 radical (unpaired) electrons. The smallest absolute Gasteiger partial charge is 0.109 e. The minimum absolute atomic E-state index is 0.488. The summed E-state index contributed by atoms with van der Waals surface area (Å²) in [5.41, 5.74) is 0. The maximum Gasteiger partial charge on any atom is 0.109 e. The fourth-order valence-corrected chi connectivity index (χ4v) is 1.90. The van der Waals surface area contributed by atoms with Gasteiger partial charge in [0.15, 0.2) is 0 Å². The van der Waals surface area contributed by atoms with Crippen molar-refractivity contribution in [1.29, 1.82) is 0 Å². The van der Waals surface area contributed by atoms with Crippen LogP contribution in [-0.2, 0) is 6.42 Å². The van der Waals surface area contributed by atoms with Gasteiger partial charge >= 0.3 is 0 Å². The van der Waals surface area contributed by atoms with E-state index in [-0.39, 0.29) is 0 Å². The monoisotopic (exact) mass is 216 g/mol. The first-order valence-electron chi connectivity index (χ1n) is 3.88. The quantitative estimate of drug-likeness (QED) is 0.744. The molecular formula is C8H13BrN2. The van der Waals surface area contributed by atoms with Gasteiger partial charge < -0.3 is 4.57 Å². The van der Waals surface area contributed by atoms with E-state index in [0.29, 0.717) is 6.04 Å². The summed E-state index contributed by atoms with van der Waals surface area (Å²) in [7, 11) is 0. The summed E-state index contributed by atoms with van der Waals surface area (Å²) in [6, 6.07) is 0.488. The van der Waals surface area contributed by atoms with Gasteiger partial charge in [-0.3, -0.25) is 0 Å². The molecule has 0 atom stereocenters. The van der Waals surface area contributed by atoms with Crippen LogP contribution in [0.4, 0.5) is 0 Å². The molecule has 62 valence electrons. The molecule has 1 aromatic heterocycles. The molecular weight excluding hydrogens is 204 g/mol. The van der Waals surface area contributed by atoms with Gasteiger partial charge in [-0.15, -0.1) is 0 Å². The molecule has 0 saturated heterocycles. The van der Waals surface area contributed by atoms with Crippen molar-refractivity contribution in [2.45, 2.75) is 33.2 Å². The van der Waals surface area contributed by atoms with Crippen LogP contribution >= 0.6 is 15.9 Å². The van der Waals surface area contributed by atoms with Crippen LogP contribution in [0.1, 0.15) is 32.6 Å². The van der Waals surface area contributed by atoms with E-state index in [9.17, 15) is 0 Å². The number of rotatable bonds is 2. The average Bonchev–Trinajstić information content (AvgIpc) is 2.30. The number of halogens is 1. The molecule has 0 amide bonds. The lowest BCUT2D eigenvalue weighted by molar-refractivity contribution is 0.562. The Labute approximate surface area is 75.8 Å². The maximum absolute atomic E-state index is 4.27. The first-order chi connectivity index (χ1) is 5.16. The summed E-state index contributed by atoms with van der Waals surface area (Å²) in [5.74, 6) is 1.15. The van der Waals surface area contributed by atoms with Crippen molar-refractivity contribution in [3.05, 3.63) is 16.6 Å². The molecule has 0 bridgehead atoms. The lowest BCUT2D eigenvalue weighted by Crippen LogP contribution is -2.05. The van der Waals surface area contributed by atoms with Crippen molar-refractivity contribution in [3.8, 4) is 0 Å².